The number of aryl methyl sites for hydroxylation is 1. The Morgan fingerprint density at radius 2 is 1.75 bits per heavy atom. The van der Waals surface area contributed by atoms with Crippen LogP contribution in [0, 0.1) is 6.92 Å². The average molecular weight is 342 g/mol. The SMILES string of the molecule is COc1c(C)cc(C2(CN)CCCCC2)c(OC)c1Br. The lowest BCUT2D eigenvalue weighted by Crippen LogP contribution is -2.37. The van der Waals surface area contributed by atoms with Gasteiger partial charge in [0.15, 0.2) is 0 Å². The van der Waals surface area contributed by atoms with Gasteiger partial charge in [-0.2, -0.15) is 0 Å². The summed E-state index contributed by atoms with van der Waals surface area (Å²) in [6, 6.07) is 2.20. The second-order valence-electron chi connectivity index (χ2n) is 5.67. The highest BCUT2D eigenvalue weighted by Crippen LogP contribution is 2.48. The van der Waals surface area contributed by atoms with E-state index in [1.54, 1.807) is 14.2 Å². The Hall–Kier alpha value is -0.740. The van der Waals surface area contributed by atoms with Gasteiger partial charge in [-0.15, -0.1) is 0 Å². The van der Waals surface area contributed by atoms with E-state index in [4.69, 9.17) is 15.2 Å². The number of rotatable bonds is 4. The number of halogens is 1. The summed E-state index contributed by atoms with van der Waals surface area (Å²) in [5.74, 6) is 1.72. The van der Waals surface area contributed by atoms with Crippen molar-refractivity contribution < 1.29 is 9.47 Å². The Labute approximate surface area is 130 Å². The molecule has 0 aromatic heterocycles. The van der Waals surface area contributed by atoms with Gasteiger partial charge in [0.05, 0.1) is 14.2 Å². The lowest BCUT2D eigenvalue weighted by Gasteiger charge is -2.38. The lowest BCUT2D eigenvalue weighted by atomic mass is 9.69. The van der Waals surface area contributed by atoms with E-state index in [9.17, 15) is 0 Å². The molecule has 1 aliphatic rings. The van der Waals surface area contributed by atoms with Crippen molar-refractivity contribution in [2.75, 3.05) is 20.8 Å². The molecule has 0 aliphatic heterocycles. The molecule has 0 amide bonds. The van der Waals surface area contributed by atoms with Crippen molar-refractivity contribution in [1.29, 1.82) is 0 Å². The Kier molecular flexibility index (Phi) is 4.97. The van der Waals surface area contributed by atoms with Crippen molar-refractivity contribution >= 4 is 15.9 Å². The van der Waals surface area contributed by atoms with Gasteiger partial charge in [0, 0.05) is 17.5 Å². The number of nitrogens with two attached hydrogens (primary N) is 1. The van der Waals surface area contributed by atoms with Crippen molar-refractivity contribution in [3.05, 3.63) is 21.7 Å². The van der Waals surface area contributed by atoms with Crippen molar-refractivity contribution in [2.24, 2.45) is 5.73 Å². The van der Waals surface area contributed by atoms with Gasteiger partial charge < -0.3 is 15.2 Å². The molecule has 3 nitrogen and oxygen atoms in total. The van der Waals surface area contributed by atoms with Gasteiger partial charge >= 0.3 is 0 Å². The van der Waals surface area contributed by atoms with Gasteiger partial charge in [-0.1, -0.05) is 19.3 Å². The van der Waals surface area contributed by atoms with Gasteiger partial charge in [-0.05, 0) is 47.3 Å². The maximum Gasteiger partial charge on any atom is 0.140 e. The predicted octanol–water partition coefficient (Wildman–Crippen LogP) is 3.94. The van der Waals surface area contributed by atoms with E-state index < -0.39 is 0 Å². The third-order valence-corrected chi connectivity index (χ3v) is 5.26. The standard InChI is InChI=1S/C16H24BrNO2/c1-11-9-12(15(20-3)13(17)14(11)19-2)16(10-18)7-5-4-6-8-16/h9H,4-8,10,18H2,1-3H3. The quantitative estimate of drug-likeness (QED) is 0.902. The van der Waals surface area contributed by atoms with Gasteiger partial charge in [0.2, 0.25) is 0 Å². The monoisotopic (exact) mass is 341 g/mol. The molecule has 2 N–H and O–H groups in total. The highest BCUT2D eigenvalue weighted by atomic mass is 79.9. The largest absolute Gasteiger partial charge is 0.495 e. The molecule has 112 valence electrons. The van der Waals surface area contributed by atoms with Crippen LogP contribution in [-0.4, -0.2) is 20.8 Å². The second kappa shape index (κ2) is 6.35. The summed E-state index contributed by atoms with van der Waals surface area (Å²) in [6.45, 7) is 2.74. The maximum atomic E-state index is 6.16. The summed E-state index contributed by atoms with van der Waals surface area (Å²) in [7, 11) is 3.40. The van der Waals surface area contributed by atoms with E-state index in [0.29, 0.717) is 6.54 Å². The third-order valence-electron chi connectivity index (χ3n) is 4.54. The van der Waals surface area contributed by atoms with Crippen LogP contribution in [-0.2, 0) is 5.41 Å². The van der Waals surface area contributed by atoms with Crippen LogP contribution in [0.25, 0.3) is 0 Å². The summed E-state index contributed by atoms with van der Waals surface area (Å²) < 4.78 is 12.0. The van der Waals surface area contributed by atoms with E-state index in [-0.39, 0.29) is 5.41 Å². The zero-order chi connectivity index (χ0) is 14.8. The molecule has 1 aliphatic carbocycles. The van der Waals surface area contributed by atoms with Gasteiger partial charge in [0.25, 0.3) is 0 Å². The zero-order valence-electron chi connectivity index (χ0n) is 12.6. The minimum atomic E-state index is 0.0448. The summed E-state index contributed by atoms with van der Waals surface area (Å²) in [5.41, 5.74) is 8.56. The molecule has 4 heteroatoms. The first-order chi connectivity index (χ1) is 9.59. The molecule has 0 heterocycles. The van der Waals surface area contributed by atoms with Crippen LogP contribution in [0.5, 0.6) is 11.5 Å². The van der Waals surface area contributed by atoms with Crippen LogP contribution >= 0.6 is 15.9 Å². The fourth-order valence-electron chi connectivity index (χ4n) is 3.40. The van der Waals surface area contributed by atoms with Crippen LogP contribution in [0.2, 0.25) is 0 Å². The average Bonchev–Trinajstić information content (AvgIpc) is 2.48. The molecule has 0 radical (unpaired) electrons. The second-order valence-corrected chi connectivity index (χ2v) is 6.46. The minimum absolute atomic E-state index is 0.0448. The summed E-state index contributed by atoms with van der Waals surface area (Å²) in [6.07, 6.45) is 6.06. The van der Waals surface area contributed by atoms with E-state index in [0.717, 1.165) is 34.4 Å². The Balaban J connectivity index is 2.60. The van der Waals surface area contributed by atoms with Crippen molar-refractivity contribution in [3.63, 3.8) is 0 Å². The minimum Gasteiger partial charge on any atom is -0.495 e. The smallest absolute Gasteiger partial charge is 0.140 e. The molecule has 1 aromatic rings. The molecule has 1 fully saturated rings. The van der Waals surface area contributed by atoms with Gasteiger partial charge in [0.1, 0.15) is 16.0 Å². The van der Waals surface area contributed by atoms with E-state index in [1.807, 2.05) is 0 Å². The topological polar surface area (TPSA) is 44.5 Å². The highest BCUT2D eigenvalue weighted by Gasteiger charge is 2.36. The van der Waals surface area contributed by atoms with Crippen LogP contribution in [0.3, 0.4) is 0 Å². The maximum absolute atomic E-state index is 6.16. The molecule has 1 saturated carbocycles. The Morgan fingerprint density at radius 3 is 2.25 bits per heavy atom. The van der Waals surface area contributed by atoms with Crippen molar-refractivity contribution in [1.82, 2.24) is 0 Å². The van der Waals surface area contributed by atoms with E-state index in [2.05, 4.69) is 28.9 Å². The predicted molar refractivity (Wildman–Crippen MR) is 85.8 cm³/mol. The summed E-state index contributed by atoms with van der Waals surface area (Å²) in [4.78, 5) is 0. The van der Waals surface area contributed by atoms with E-state index >= 15 is 0 Å². The first kappa shape index (κ1) is 15.6. The molecule has 20 heavy (non-hydrogen) atoms. The molecular weight excluding hydrogens is 318 g/mol. The van der Waals surface area contributed by atoms with Crippen LogP contribution in [0.4, 0.5) is 0 Å². The third kappa shape index (κ3) is 2.56. The number of hydrogen-bond donors (Lipinski definition) is 1. The number of methoxy groups -OCH3 is 2. The van der Waals surface area contributed by atoms with Crippen LogP contribution in [0.1, 0.15) is 43.2 Å². The summed E-state index contributed by atoms with van der Waals surface area (Å²) in [5, 5.41) is 0. The molecular formula is C16H24BrNO2. The first-order valence-electron chi connectivity index (χ1n) is 7.21. The molecule has 1 aromatic carbocycles. The van der Waals surface area contributed by atoms with Gasteiger partial charge in [-0.25, -0.2) is 0 Å². The summed E-state index contributed by atoms with van der Waals surface area (Å²) >= 11 is 3.63. The fraction of sp³-hybridized carbons (Fsp3) is 0.625. The number of hydrogen-bond acceptors (Lipinski definition) is 3. The normalized spacial score (nSPS) is 17.9. The fourth-order valence-corrected chi connectivity index (χ4v) is 4.25. The highest BCUT2D eigenvalue weighted by molar-refractivity contribution is 9.10. The molecule has 0 unspecified atom stereocenters. The van der Waals surface area contributed by atoms with Gasteiger partial charge in [-0.3, -0.25) is 0 Å². The van der Waals surface area contributed by atoms with Crippen LogP contribution in [0.15, 0.2) is 10.5 Å². The van der Waals surface area contributed by atoms with Crippen molar-refractivity contribution in [3.8, 4) is 11.5 Å². The Bertz CT molecular complexity index is 482. The lowest BCUT2D eigenvalue weighted by molar-refractivity contribution is 0.286. The molecule has 0 saturated heterocycles. The van der Waals surface area contributed by atoms with E-state index in [1.165, 1.54) is 24.8 Å². The Morgan fingerprint density at radius 1 is 1.15 bits per heavy atom. The van der Waals surface area contributed by atoms with Crippen molar-refractivity contribution in [2.45, 2.75) is 44.4 Å². The number of benzene rings is 1. The molecule has 0 bridgehead atoms. The molecule has 2 rings (SSSR count). The number of ether oxygens (including phenoxy) is 2. The first-order valence-corrected chi connectivity index (χ1v) is 8.00. The molecule has 0 atom stereocenters. The molecule has 0 spiro atoms. The van der Waals surface area contributed by atoms with Crippen LogP contribution < -0.4 is 15.2 Å². The zero-order valence-corrected chi connectivity index (χ0v) is 14.2.